The molecule has 0 aromatic heterocycles. The molecule has 5 nitrogen and oxygen atoms in total. The van der Waals surface area contributed by atoms with Crippen LogP contribution in [0, 0.1) is 0 Å². The average molecular weight is 282 g/mol. The summed E-state index contributed by atoms with van der Waals surface area (Å²) in [6.45, 7) is 8.06. The smallest absolute Gasteiger partial charge is 0.119 e. The monoisotopic (exact) mass is 282 g/mol. The van der Waals surface area contributed by atoms with Gasteiger partial charge in [0.2, 0.25) is 0 Å². The Morgan fingerprint density at radius 2 is 1.85 bits per heavy atom. The van der Waals surface area contributed by atoms with Crippen molar-refractivity contribution in [2.75, 3.05) is 44.7 Å². The molecule has 0 saturated carbocycles. The number of ether oxygens (including phenoxy) is 1. The molecule has 1 unspecified atom stereocenters. The van der Waals surface area contributed by atoms with Crippen LogP contribution in [0.4, 0.5) is 5.69 Å². The second-order valence-electron chi connectivity index (χ2n) is 4.62. The molecule has 0 aliphatic rings. The van der Waals surface area contributed by atoms with Crippen LogP contribution in [0.5, 0.6) is 5.75 Å². The van der Waals surface area contributed by atoms with Crippen molar-refractivity contribution < 1.29 is 14.9 Å². The van der Waals surface area contributed by atoms with Crippen molar-refractivity contribution >= 4 is 5.69 Å². The van der Waals surface area contributed by atoms with Crippen LogP contribution in [0.25, 0.3) is 0 Å². The lowest BCUT2D eigenvalue weighted by Gasteiger charge is -2.18. The Morgan fingerprint density at radius 3 is 2.40 bits per heavy atom. The minimum Gasteiger partial charge on any atom is -0.492 e. The Kier molecular flexibility index (Phi) is 8.02. The number of hydrogen-bond acceptors (Lipinski definition) is 5. The Morgan fingerprint density at radius 1 is 1.20 bits per heavy atom. The first-order valence-electron chi connectivity index (χ1n) is 7.17. The van der Waals surface area contributed by atoms with E-state index >= 15 is 0 Å². The quantitative estimate of drug-likeness (QED) is 0.601. The first-order valence-corrected chi connectivity index (χ1v) is 7.17. The van der Waals surface area contributed by atoms with Crippen molar-refractivity contribution in [3.63, 3.8) is 0 Å². The first-order chi connectivity index (χ1) is 9.69. The fourth-order valence-corrected chi connectivity index (χ4v) is 1.80. The largest absolute Gasteiger partial charge is 0.492 e. The summed E-state index contributed by atoms with van der Waals surface area (Å²) in [5.74, 6) is 0.838. The van der Waals surface area contributed by atoms with Gasteiger partial charge in [0.15, 0.2) is 0 Å². The lowest BCUT2D eigenvalue weighted by atomic mass is 10.3. The molecule has 1 aromatic rings. The summed E-state index contributed by atoms with van der Waals surface area (Å²) in [6.07, 6.45) is -0.736. The molecular weight excluding hydrogens is 256 g/mol. The Bertz CT molecular complexity index is 353. The molecular formula is C15H26N2O3. The van der Waals surface area contributed by atoms with Gasteiger partial charge in [0.05, 0.1) is 12.7 Å². The zero-order chi connectivity index (χ0) is 14.8. The Labute approximate surface area is 121 Å². The number of hydrogen-bond donors (Lipinski definition) is 3. The molecule has 0 bridgehead atoms. The zero-order valence-electron chi connectivity index (χ0n) is 12.4. The fraction of sp³-hybridized carbons (Fsp3) is 0.600. The van der Waals surface area contributed by atoms with Gasteiger partial charge in [-0.15, -0.1) is 0 Å². The highest BCUT2D eigenvalue weighted by atomic mass is 16.5. The molecule has 20 heavy (non-hydrogen) atoms. The topological polar surface area (TPSA) is 65.0 Å². The third-order valence-electron chi connectivity index (χ3n) is 3.18. The van der Waals surface area contributed by atoms with E-state index in [2.05, 4.69) is 24.1 Å². The van der Waals surface area contributed by atoms with Crippen molar-refractivity contribution in [1.82, 2.24) is 4.90 Å². The summed E-state index contributed by atoms with van der Waals surface area (Å²) in [7, 11) is 0. The van der Waals surface area contributed by atoms with Gasteiger partial charge in [-0.3, -0.25) is 0 Å². The highest BCUT2D eigenvalue weighted by Gasteiger charge is 2.02. The third kappa shape index (κ3) is 6.23. The molecule has 0 fully saturated rings. The summed E-state index contributed by atoms with van der Waals surface area (Å²) in [5, 5.41) is 21.0. The number of aliphatic hydroxyl groups excluding tert-OH is 2. The van der Waals surface area contributed by atoms with Gasteiger partial charge in [-0.1, -0.05) is 13.8 Å². The summed E-state index contributed by atoms with van der Waals surface area (Å²) < 4.78 is 5.68. The van der Waals surface area contributed by atoms with Crippen molar-refractivity contribution in [3.05, 3.63) is 24.3 Å². The molecule has 3 N–H and O–H groups in total. The van der Waals surface area contributed by atoms with Crippen molar-refractivity contribution in [2.45, 2.75) is 20.0 Å². The maximum absolute atomic E-state index is 9.25. The normalized spacial score (nSPS) is 12.4. The highest BCUT2D eigenvalue weighted by Crippen LogP contribution is 2.15. The van der Waals surface area contributed by atoms with Crippen molar-refractivity contribution in [1.29, 1.82) is 0 Å². The second-order valence-corrected chi connectivity index (χ2v) is 4.62. The van der Waals surface area contributed by atoms with Gasteiger partial charge in [0.1, 0.15) is 12.4 Å². The molecule has 0 spiro atoms. The second kappa shape index (κ2) is 9.58. The van der Waals surface area contributed by atoms with Crippen LogP contribution in [0.3, 0.4) is 0 Å². The Balaban J connectivity index is 2.31. The molecule has 1 atom stereocenters. The number of anilines is 1. The van der Waals surface area contributed by atoms with Crippen LogP contribution in [-0.4, -0.2) is 60.6 Å². The van der Waals surface area contributed by atoms with Crippen LogP contribution in [0.1, 0.15) is 13.8 Å². The van der Waals surface area contributed by atoms with E-state index < -0.39 is 6.10 Å². The lowest BCUT2D eigenvalue weighted by Crippen LogP contribution is -2.27. The molecule has 0 heterocycles. The number of likely N-dealkylation sites (N-methyl/N-ethyl adjacent to an activating group) is 1. The molecule has 5 heteroatoms. The zero-order valence-corrected chi connectivity index (χ0v) is 12.4. The van der Waals surface area contributed by atoms with E-state index in [1.807, 2.05) is 24.3 Å². The van der Waals surface area contributed by atoms with E-state index in [9.17, 15) is 5.11 Å². The minimum atomic E-state index is -0.736. The minimum absolute atomic E-state index is 0.237. The predicted octanol–water partition coefficient (Wildman–Crippen LogP) is 1.17. The predicted molar refractivity (Wildman–Crippen MR) is 81.3 cm³/mol. The number of rotatable bonds is 10. The van der Waals surface area contributed by atoms with E-state index in [0.717, 1.165) is 31.1 Å². The Hall–Kier alpha value is -1.30. The fourth-order valence-electron chi connectivity index (χ4n) is 1.80. The molecule has 0 amide bonds. The number of nitrogens with one attached hydrogen (secondary N) is 1. The summed E-state index contributed by atoms with van der Waals surface area (Å²) >= 11 is 0. The number of nitrogens with zero attached hydrogens (tertiary/aromatic N) is 1. The molecule has 0 aliphatic heterocycles. The van der Waals surface area contributed by atoms with Gasteiger partial charge in [0.25, 0.3) is 0 Å². The molecule has 0 aliphatic carbocycles. The van der Waals surface area contributed by atoms with Gasteiger partial charge in [-0.05, 0) is 37.4 Å². The van der Waals surface area contributed by atoms with Gasteiger partial charge < -0.3 is 25.2 Å². The number of aliphatic hydroxyl groups is 2. The molecule has 114 valence electrons. The standard InChI is InChI=1S/C15H26N2O3/c1-3-17(4-2)9-10-20-15-7-5-13(6-8-15)16-11-14(19)12-18/h5-8,14,16,18-19H,3-4,9-12H2,1-2H3. The van der Waals surface area contributed by atoms with E-state index in [1.54, 1.807) is 0 Å². The maximum Gasteiger partial charge on any atom is 0.119 e. The van der Waals surface area contributed by atoms with E-state index in [0.29, 0.717) is 13.2 Å². The van der Waals surface area contributed by atoms with Crippen molar-refractivity contribution in [2.24, 2.45) is 0 Å². The van der Waals surface area contributed by atoms with Crippen molar-refractivity contribution in [3.8, 4) is 5.75 Å². The van der Waals surface area contributed by atoms with E-state index in [1.165, 1.54) is 0 Å². The van der Waals surface area contributed by atoms with Crippen LogP contribution >= 0.6 is 0 Å². The lowest BCUT2D eigenvalue weighted by molar-refractivity contribution is 0.105. The summed E-state index contributed by atoms with van der Waals surface area (Å²) in [5.41, 5.74) is 0.897. The van der Waals surface area contributed by atoms with Crippen LogP contribution < -0.4 is 10.1 Å². The number of benzene rings is 1. The van der Waals surface area contributed by atoms with E-state index in [4.69, 9.17) is 9.84 Å². The SMILES string of the molecule is CCN(CC)CCOc1ccc(NCC(O)CO)cc1. The van der Waals surface area contributed by atoms with Crippen LogP contribution in [0.15, 0.2) is 24.3 Å². The van der Waals surface area contributed by atoms with Gasteiger partial charge in [0, 0.05) is 18.8 Å². The average Bonchev–Trinajstić information content (AvgIpc) is 2.50. The maximum atomic E-state index is 9.25. The highest BCUT2D eigenvalue weighted by molar-refractivity contribution is 5.46. The molecule has 1 aromatic carbocycles. The first kappa shape index (κ1) is 16.8. The van der Waals surface area contributed by atoms with Gasteiger partial charge >= 0.3 is 0 Å². The van der Waals surface area contributed by atoms with Gasteiger partial charge in [-0.25, -0.2) is 0 Å². The molecule has 1 rings (SSSR count). The third-order valence-corrected chi connectivity index (χ3v) is 3.18. The molecule has 0 radical (unpaired) electrons. The van der Waals surface area contributed by atoms with Gasteiger partial charge in [-0.2, -0.15) is 0 Å². The van der Waals surface area contributed by atoms with E-state index in [-0.39, 0.29) is 6.61 Å². The van der Waals surface area contributed by atoms with Crippen LogP contribution in [0.2, 0.25) is 0 Å². The molecule has 0 saturated heterocycles. The summed E-state index contributed by atoms with van der Waals surface area (Å²) in [6, 6.07) is 7.60. The summed E-state index contributed by atoms with van der Waals surface area (Å²) in [4.78, 5) is 2.31. The van der Waals surface area contributed by atoms with Crippen LogP contribution in [-0.2, 0) is 0 Å².